The summed E-state index contributed by atoms with van der Waals surface area (Å²) in [6, 6.07) is 3.97. The summed E-state index contributed by atoms with van der Waals surface area (Å²) in [5.74, 6) is -7.05. The molecule has 0 aliphatic carbocycles. The SMILES string of the molecule is O=S(=O)(Nc1c(F)c(F)cc(F)c1F)c1ccc2c(c1)COC2. The van der Waals surface area contributed by atoms with Crippen molar-refractivity contribution in [3.8, 4) is 0 Å². The van der Waals surface area contributed by atoms with Crippen molar-refractivity contribution in [1.82, 2.24) is 0 Å². The monoisotopic (exact) mass is 347 g/mol. The predicted octanol–water partition coefficient (Wildman–Crippen LogP) is 3.07. The first-order valence-electron chi connectivity index (χ1n) is 6.35. The molecule has 0 radical (unpaired) electrons. The van der Waals surface area contributed by atoms with Gasteiger partial charge in [0.05, 0.1) is 18.1 Å². The van der Waals surface area contributed by atoms with Crippen LogP contribution in [0.2, 0.25) is 0 Å². The number of ether oxygens (including phenoxy) is 1. The average Bonchev–Trinajstić information content (AvgIpc) is 2.97. The van der Waals surface area contributed by atoms with Crippen LogP contribution < -0.4 is 4.72 Å². The van der Waals surface area contributed by atoms with Gasteiger partial charge in [0, 0.05) is 6.07 Å². The van der Waals surface area contributed by atoms with Gasteiger partial charge in [-0.1, -0.05) is 6.07 Å². The molecule has 0 bridgehead atoms. The standard InChI is InChI=1S/C14H9F4NO3S/c15-10-4-11(16)13(18)14(12(10)17)19-23(20,21)9-2-1-7-5-22-6-8(7)3-9/h1-4,19H,5-6H2. The van der Waals surface area contributed by atoms with Gasteiger partial charge in [0.15, 0.2) is 23.3 Å². The fraction of sp³-hybridized carbons (Fsp3) is 0.143. The van der Waals surface area contributed by atoms with Gasteiger partial charge in [-0.25, -0.2) is 26.0 Å². The predicted molar refractivity (Wildman–Crippen MR) is 72.0 cm³/mol. The number of halogens is 4. The van der Waals surface area contributed by atoms with Crippen molar-refractivity contribution in [1.29, 1.82) is 0 Å². The quantitative estimate of drug-likeness (QED) is 0.686. The smallest absolute Gasteiger partial charge is 0.262 e. The van der Waals surface area contributed by atoms with Crippen LogP contribution in [-0.2, 0) is 28.0 Å². The van der Waals surface area contributed by atoms with Gasteiger partial charge in [0.2, 0.25) is 0 Å². The van der Waals surface area contributed by atoms with Gasteiger partial charge in [-0.3, -0.25) is 4.72 Å². The van der Waals surface area contributed by atoms with Crippen LogP contribution in [-0.4, -0.2) is 8.42 Å². The van der Waals surface area contributed by atoms with E-state index in [1.807, 2.05) is 0 Å². The number of rotatable bonds is 3. The third kappa shape index (κ3) is 2.77. The third-order valence-corrected chi connectivity index (χ3v) is 4.70. The lowest BCUT2D eigenvalue weighted by molar-refractivity contribution is 0.134. The van der Waals surface area contributed by atoms with Crippen molar-refractivity contribution in [2.24, 2.45) is 0 Å². The molecule has 4 nitrogen and oxygen atoms in total. The van der Waals surface area contributed by atoms with E-state index < -0.39 is 39.0 Å². The van der Waals surface area contributed by atoms with E-state index in [2.05, 4.69) is 0 Å². The molecular formula is C14H9F4NO3S. The highest BCUT2D eigenvalue weighted by molar-refractivity contribution is 7.92. The Kier molecular flexibility index (Phi) is 3.77. The molecule has 1 aliphatic heterocycles. The summed E-state index contributed by atoms with van der Waals surface area (Å²) in [7, 11) is -4.43. The molecule has 3 rings (SSSR count). The first-order valence-corrected chi connectivity index (χ1v) is 7.83. The van der Waals surface area contributed by atoms with Crippen molar-refractivity contribution in [3.05, 3.63) is 58.7 Å². The van der Waals surface area contributed by atoms with Crippen molar-refractivity contribution >= 4 is 15.7 Å². The molecule has 2 aromatic carbocycles. The Morgan fingerprint density at radius 2 is 1.52 bits per heavy atom. The molecule has 9 heteroatoms. The van der Waals surface area contributed by atoms with E-state index in [9.17, 15) is 26.0 Å². The van der Waals surface area contributed by atoms with Crippen molar-refractivity contribution < 1.29 is 30.7 Å². The Balaban J connectivity index is 2.03. The highest BCUT2D eigenvalue weighted by Crippen LogP contribution is 2.28. The van der Waals surface area contributed by atoms with Crippen LogP contribution in [0.3, 0.4) is 0 Å². The zero-order chi connectivity index (χ0) is 16.8. The van der Waals surface area contributed by atoms with E-state index in [1.165, 1.54) is 18.2 Å². The Labute approximate surface area is 128 Å². The van der Waals surface area contributed by atoms with Crippen LogP contribution in [0, 0.1) is 23.3 Å². The van der Waals surface area contributed by atoms with E-state index >= 15 is 0 Å². The van der Waals surface area contributed by atoms with Gasteiger partial charge in [-0.15, -0.1) is 0 Å². The minimum absolute atomic E-state index is 0.00476. The van der Waals surface area contributed by atoms with Gasteiger partial charge >= 0.3 is 0 Å². The van der Waals surface area contributed by atoms with Crippen molar-refractivity contribution in [3.63, 3.8) is 0 Å². The Morgan fingerprint density at radius 1 is 0.913 bits per heavy atom. The van der Waals surface area contributed by atoms with Crippen LogP contribution in [0.5, 0.6) is 0 Å². The third-order valence-electron chi connectivity index (χ3n) is 3.35. The van der Waals surface area contributed by atoms with Gasteiger partial charge in [-0.05, 0) is 23.3 Å². The highest BCUT2D eigenvalue weighted by Gasteiger charge is 2.25. The van der Waals surface area contributed by atoms with Gasteiger partial charge in [0.1, 0.15) is 5.69 Å². The molecular weight excluding hydrogens is 338 g/mol. The Bertz CT molecular complexity index is 873. The maximum absolute atomic E-state index is 13.6. The van der Waals surface area contributed by atoms with Crippen LogP contribution in [0.4, 0.5) is 23.2 Å². The summed E-state index contributed by atoms with van der Waals surface area (Å²) < 4.78 is 84.5. The number of anilines is 1. The number of sulfonamides is 1. The normalized spacial score (nSPS) is 13.9. The minimum Gasteiger partial charge on any atom is -0.372 e. The second-order valence-electron chi connectivity index (χ2n) is 4.87. The van der Waals surface area contributed by atoms with E-state index in [0.29, 0.717) is 12.2 Å². The van der Waals surface area contributed by atoms with Gasteiger partial charge in [0.25, 0.3) is 10.0 Å². The maximum atomic E-state index is 13.6. The molecule has 0 atom stereocenters. The molecule has 1 N–H and O–H groups in total. The van der Waals surface area contributed by atoms with E-state index in [-0.39, 0.29) is 17.6 Å². The average molecular weight is 347 g/mol. The summed E-state index contributed by atoms with van der Waals surface area (Å²) in [5, 5.41) is 0. The summed E-state index contributed by atoms with van der Waals surface area (Å²) in [6.07, 6.45) is 0. The second kappa shape index (κ2) is 5.50. The summed E-state index contributed by atoms with van der Waals surface area (Å²) in [6.45, 7) is 0.539. The van der Waals surface area contributed by atoms with Crippen molar-refractivity contribution in [2.45, 2.75) is 18.1 Å². The molecule has 1 aliphatic rings. The summed E-state index contributed by atoms with van der Waals surface area (Å²) in [4.78, 5) is -0.301. The molecule has 0 saturated carbocycles. The zero-order valence-electron chi connectivity index (χ0n) is 11.4. The molecule has 122 valence electrons. The molecule has 0 aromatic heterocycles. The number of nitrogens with one attached hydrogen (secondary N) is 1. The summed E-state index contributed by atoms with van der Waals surface area (Å²) >= 11 is 0. The first kappa shape index (κ1) is 15.8. The fourth-order valence-electron chi connectivity index (χ4n) is 2.17. The molecule has 0 spiro atoms. The molecule has 0 unspecified atom stereocenters. The molecule has 0 fully saturated rings. The minimum atomic E-state index is -4.43. The van der Waals surface area contributed by atoms with Crippen molar-refractivity contribution in [2.75, 3.05) is 4.72 Å². The zero-order valence-corrected chi connectivity index (χ0v) is 12.2. The first-order chi connectivity index (χ1) is 10.8. The van der Waals surface area contributed by atoms with E-state index in [4.69, 9.17) is 4.74 Å². The van der Waals surface area contributed by atoms with Crippen LogP contribution in [0.25, 0.3) is 0 Å². The molecule has 2 aromatic rings. The molecule has 1 heterocycles. The van der Waals surface area contributed by atoms with Gasteiger partial charge < -0.3 is 4.74 Å². The number of hydrogen-bond donors (Lipinski definition) is 1. The van der Waals surface area contributed by atoms with E-state index in [0.717, 1.165) is 5.56 Å². The Morgan fingerprint density at radius 3 is 2.17 bits per heavy atom. The second-order valence-corrected chi connectivity index (χ2v) is 6.55. The lowest BCUT2D eigenvalue weighted by Gasteiger charge is -2.11. The lowest BCUT2D eigenvalue weighted by Crippen LogP contribution is -2.16. The number of hydrogen-bond acceptors (Lipinski definition) is 3. The summed E-state index contributed by atoms with van der Waals surface area (Å²) in [5.41, 5.74) is -0.00315. The van der Waals surface area contributed by atoms with E-state index in [1.54, 1.807) is 4.72 Å². The fourth-order valence-corrected chi connectivity index (χ4v) is 3.28. The van der Waals surface area contributed by atoms with Crippen LogP contribution >= 0.6 is 0 Å². The lowest BCUT2D eigenvalue weighted by atomic mass is 10.1. The van der Waals surface area contributed by atoms with Crippen LogP contribution in [0.15, 0.2) is 29.2 Å². The number of fused-ring (bicyclic) bond motifs is 1. The van der Waals surface area contributed by atoms with Crippen LogP contribution in [0.1, 0.15) is 11.1 Å². The van der Waals surface area contributed by atoms with Gasteiger partial charge in [-0.2, -0.15) is 0 Å². The topological polar surface area (TPSA) is 55.4 Å². The molecule has 0 saturated heterocycles. The number of benzene rings is 2. The maximum Gasteiger partial charge on any atom is 0.262 e. The Hall–Kier alpha value is -2.13. The molecule has 23 heavy (non-hydrogen) atoms. The highest BCUT2D eigenvalue weighted by atomic mass is 32.2. The largest absolute Gasteiger partial charge is 0.372 e. The molecule has 0 amide bonds.